The first-order valence-electron chi connectivity index (χ1n) is 7.22. The average Bonchev–Trinajstić information content (AvgIpc) is 2.98. The molecule has 0 radical (unpaired) electrons. The molecular formula is C13H21N5O2. The van der Waals surface area contributed by atoms with Crippen molar-refractivity contribution in [3.63, 3.8) is 0 Å². The van der Waals surface area contributed by atoms with Gasteiger partial charge in [0.15, 0.2) is 5.82 Å². The van der Waals surface area contributed by atoms with Crippen LogP contribution >= 0.6 is 0 Å². The molecule has 1 aromatic rings. The van der Waals surface area contributed by atoms with Gasteiger partial charge in [-0.15, -0.1) is 10.2 Å². The number of ether oxygens (including phenoxy) is 1. The summed E-state index contributed by atoms with van der Waals surface area (Å²) in [5, 5.41) is 11.2. The minimum absolute atomic E-state index is 0.0534. The van der Waals surface area contributed by atoms with Gasteiger partial charge in [-0.3, -0.25) is 0 Å². The van der Waals surface area contributed by atoms with E-state index in [9.17, 15) is 4.79 Å². The lowest BCUT2D eigenvalue weighted by atomic mass is 10.2. The summed E-state index contributed by atoms with van der Waals surface area (Å²) in [6.45, 7) is 6.63. The minimum atomic E-state index is -0.0534. The average molecular weight is 279 g/mol. The minimum Gasteiger partial charge on any atom is -0.372 e. The van der Waals surface area contributed by atoms with E-state index in [0.717, 1.165) is 31.0 Å². The largest absolute Gasteiger partial charge is 0.372 e. The number of amides is 2. The van der Waals surface area contributed by atoms with Gasteiger partial charge in [0.05, 0.1) is 18.8 Å². The van der Waals surface area contributed by atoms with Gasteiger partial charge in [-0.25, -0.2) is 4.79 Å². The Morgan fingerprint density at radius 1 is 1.35 bits per heavy atom. The monoisotopic (exact) mass is 279 g/mol. The van der Waals surface area contributed by atoms with Gasteiger partial charge < -0.3 is 19.5 Å². The lowest BCUT2D eigenvalue weighted by Gasteiger charge is -2.35. The van der Waals surface area contributed by atoms with E-state index in [1.807, 2.05) is 13.8 Å². The van der Waals surface area contributed by atoms with Crippen LogP contribution in [0.25, 0.3) is 0 Å². The summed E-state index contributed by atoms with van der Waals surface area (Å²) in [7, 11) is 0. The summed E-state index contributed by atoms with van der Waals surface area (Å²) in [6, 6.07) is -0.0534. The van der Waals surface area contributed by atoms with Crippen molar-refractivity contribution in [2.45, 2.75) is 52.0 Å². The van der Waals surface area contributed by atoms with E-state index in [2.05, 4.69) is 20.1 Å². The third kappa shape index (κ3) is 2.63. The summed E-state index contributed by atoms with van der Waals surface area (Å²) in [5.74, 6) is 1.88. The molecule has 20 heavy (non-hydrogen) atoms. The quantitative estimate of drug-likeness (QED) is 0.858. The molecule has 0 aliphatic carbocycles. The van der Waals surface area contributed by atoms with Crippen molar-refractivity contribution in [2.24, 2.45) is 0 Å². The van der Waals surface area contributed by atoms with E-state index in [1.165, 1.54) is 0 Å². The maximum Gasteiger partial charge on any atom is 0.317 e. The number of hydrogen-bond acceptors (Lipinski definition) is 4. The number of urea groups is 1. The molecule has 110 valence electrons. The highest BCUT2D eigenvalue weighted by molar-refractivity contribution is 5.74. The molecule has 2 amide bonds. The zero-order valence-corrected chi connectivity index (χ0v) is 12.0. The second kappa shape index (κ2) is 5.40. The number of fused-ring (bicyclic) bond motifs is 1. The molecule has 7 nitrogen and oxygen atoms in total. The Morgan fingerprint density at radius 2 is 2.10 bits per heavy atom. The Labute approximate surface area is 118 Å². The Balaban J connectivity index is 1.56. The summed E-state index contributed by atoms with van der Waals surface area (Å²) < 4.78 is 7.73. The molecule has 0 bridgehead atoms. The molecule has 1 aromatic heterocycles. The van der Waals surface area contributed by atoms with Crippen molar-refractivity contribution in [3.05, 3.63) is 11.6 Å². The van der Waals surface area contributed by atoms with E-state index < -0.39 is 0 Å². The van der Waals surface area contributed by atoms with Gasteiger partial charge in [0.1, 0.15) is 5.82 Å². The highest BCUT2D eigenvalue weighted by atomic mass is 16.5. The number of rotatable bonds is 2. The molecule has 2 atom stereocenters. The van der Waals surface area contributed by atoms with E-state index in [-0.39, 0.29) is 18.2 Å². The number of aromatic nitrogens is 3. The maximum absolute atomic E-state index is 12.2. The highest BCUT2D eigenvalue weighted by Crippen LogP contribution is 2.14. The van der Waals surface area contributed by atoms with Gasteiger partial charge in [0.25, 0.3) is 0 Å². The predicted molar refractivity (Wildman–Crippen MR) is 72.2 cm³/mol. The zero-order chi connectivity index (χ0) is 14.1. The van der Waals surface area contributed by atoms with Crippen LogP contribution in [0.4, 0.5) is 4.79 Å². The first-order valence-corrected chi connectivity index (χ1v) is 7.22. The standard InChI is InChI=1S/C13H21N5O2/c1-9-7-17(8-10(2)20-9)13(19)14-6-12-16-15-11-4-3-5-18(11)12/h9-10H,3-8H2,1-2H3,(H,14,19)/t9-,10+. The molecule has 1 saturated heterocycles. The molecule has 3 heterocycles. The fourth-order valence-corrected chi connectivity index (χ4v) is 2.95. The Kier molecular flexibility index (Phi) is 3.60. The van der Waals surface area contributed by atoms with Crippen LogP contribution in [0.3, 0.4) is 0 Å². The number of carbonyl (C=O) groups is 1. The van der Waals surface area contributed by atoms with E-state index >= 15 is 0 Å². The van der Waals surface area contributed by atoms with Crippen LogP contribution in [0.2, 0.25) is 0 Å². The van der Waals surface area contributed by atoms with Crippen molar-refractivity contribution < 1.29 is 9.53 Å². The van der Waals surface area contributed by atoms with Crippen molar-refractivity contribution in [1.82, 2.24) is 25.0 Å². The van der Waals surface area contributed by atoms with Gasteiger partial charge in [-0.2, -0.15) is 0 Å². The summed E-state index contributed by atoms with van der Waals surface area (Å²) in [5.41, 5.74) is 0. The van der Waals surface area contributed by atoms with Crippen LogP contribution in [0.1, 0.15) is 31.9 Å². The fourth-order valence-electron chi connectivity index (χ4n) is 2.95. The third-order valence-electron chi connectivity index (χ3n) is 3.79. The molecule has 0 spiro atoms. The molecule has 0 aromatic carbocycles. The van der Waals surface area contributed by atoms with Gasteiger partial charge in [-0.1, -0.05) is 0 Å². The van der Waals surface area contributed by atoms with Crippen LogP contribution in [0, 0.1) is 0 Å². The number of morpholine rings is 1. The number of aryl methyl sites for hydroxylation is 1. The van der Waals surface area contributed by atoms with E-state index in [4.69, 9.17) is 4.74 Å². The number of carbonyl (C=O) groups excluding carboxylic acids is 1. The molecule has 0 saturated carbocycles. The zero-order valence-electron chi connectivity index (χ0n) is 12.0. The molecule has 3 rings (SSSR count). The number of nitrogens with zero attached hydrogens (tertiary/aromatic N) is 4. The van der Waals surface area contributed by atoms with Crippen LogP contribution in [0.5, 0.6) is 0 Å². The van der Waals surface area contributed by atoms with Gasteiger partial charge in [-0.05, 0) is 20.3 Å². The van der Waals surface area contributed by atoms with Gasteiger partial charge in [0.2, 0.25) is 0 Å². The first kappa shape index (κ1) is 13.4. The third-order valence-corrected chi connectivity index (χ3v) is 3.79. The highest BCUT2D eigenvalue weighted by Gasteiger charge is 2.26. The number of nitrogens with one attached hydrogen (secondary N) is 1. The van der Waals surface area contributed by atoms with Crippen LogP contribution in [0.15, 0.2) is 0 Å². The lowest BCUT2D eigenvalue weighted by Crippen LogP contribution is -2.51. The normalized spacial score (nSPS) is 25.6. The van der Waals surface area contributed by atoms with Crippen LogP contribution in [-0.2, 0) is 24.2 Å². The van der Waals surface area contributed by atoms with Crippen molar-refractivity contribution in [1.29, 1.82) is 0 Å². The van der Waals surface area contributed by atoms with Crippen molar-refractivity contribution >= 4 is 6.03 Å². The Bertz CT molecular complexity index is 491. The summed E-state index contributed by atoms with van der Waals surface area (Å²) in [6.07, 6.45) is 2.27. The maximum atomic E-state index is 12.2. The second-order valence-electron chi connectivity index (χ2n) is 5.61. The van der Waals surface area contributed by atoms with E-state index in [1.54, 1.807) is 4.90 Å². The van der Waals surface area contributed by atoms with Gasteiger partial charge >= 0.3 is 6.03 Å². The van der Waals surface area contributed by atoms with Gasteiger partial charge in [0, 0.05) is 26.1 Å². The lowest BCUT2D eigenvalue weighted by molar-refractivity contribution is -0.0545. The molecular weight excluding hydrogens is 258 g/mol. The molecule has 1 N–H and O–H groups in total. The smallest absolute Gasteiger partial charge is 0.317 e. The Hall–Kier alpha value is -1.63. The van der Waals surface area contributed by atoms with Crippen molar-refractivity contribution in [3.8, 4) is 0 Å². The van der Waals surface area contributed by atoms with Crippen molar-refractivity contribution in [2.75, 3.05) is 13.1 Å². The second-order valence-corrected chi connectivity index (χ2v) is 5.61. The fraction of sp³-hybridized carbons (Fsp3) is 0.769. The number of hydrogen-bond donors (Lipinski definition) is 1. The van der Waals surface area contributed by atoms with E-state index in [0.29, 0.717) is 19.6 Å². The molecule has 0 unspecified atom stereocenters. The molecule has 1 fully saturated rings. The molecule has 7 heteroatoms. The van der Waals surface area contributed by atoms with Crippen LogP contribution in [-0.4, -0.2) is 51.0 Å². The Morgan fingerprint density at radius 3 is 2.85 bits per heavy atom. The predicted octanol–water partition coefficient (Wildman–Crippen LogP) is 0.543. The summed E-state index contributed by atoms with van der Waals surface area (Å²) >= 11 is 0. The molecule has 2 aliphatic rings. The molecule has 2 aliphatic heterocycles. The topological polar surface area (TPSA) is 72.3 Å². The van der Waals surface area contributed by atoms with Crippen LogP contribution < -0.4 is 5.32 Å². The SMILES string of the molecule is C[C@@H]1CN(C(=O)NCc2nnc3n2CCC3)C[C@H](C)O1. The first-order chi connectivity index (χ1) is 9.63. The summed E-state index contributed by atoms with van der Waals surface area (Å²) in [4.78, 5) is 14.0.